The maximum absolute atomic E-state index is 14.0. The SMILES string of the molecule is CCNc1nc(C2(OCC)CCCCC2)nc(C)c1F. The zero-order chi connectivity index (χ0) is 14.6. The Morgan fingerprint density at radius 1 is 1.20 bits per heavy atom. The minimum atomic E-state index is -0.435. The van der Waals surface area contributed by atoms with E-state index < -0.39 is 5.60 Å². The Balaban J connectivity index is 2.42. The van der Waals surface area contributed by atoms with Crippen LogP contribution in [0.25, 0.3) is 0 Å². The summed E-state index contributed by atoms with van der Waals surface area (Å²) in [7, 11) is 0. The summed E-state index contributed by atoms with van der Waals surface area (Å²) in [6.07, 6.45) is 5.26. The maximum Gasteiger partial charge on any atom is 0.186 e. The quantitative estimate of drug-likeness (QED) is 0.896. The Labute approximate surface area is 120 Å². The zero-order valence-corrected chi connectivity index (χ0v) is 12.6. The first-order chi connectivity index (χ1) is 9.63. The Hall–Kier alpha value is -1.23. The fourth-order valence-electron chi connectivity index (χ4n) is 2.88. The van der Waals surface area contributed by atoms with Gasteiger partial charge in [-0.05, 0) is 33.6 Å². The molecule has 0 spiro atoms. The number of nitrogens with zero attached hydrogens (tertiary/aromatic N) is 2. The highest BCUT2D eigenvalue weighted by atomic mass is 19.1. The molecule has 5 heteroatoms. The van der Waals surface area contributed by atoms with Crippen LogP contribution in [0.4, 0.5) is 10.2 Å². The summed E-state index contributed by atoms with van der Waals surface area (Å²) < 4.78 is 20.0. The molecule has 0 bridgehead atoms. The molecule has 0 aliphatic heterocycles. The fourth-order valence-corrected chi connectivity index (χ4v) is 2.88. The molecule has 1 fully saturated rings. The van der Waals surface area contributed by atoms with Crippen molar-refractivity contribution in [3.05, 3.63) is 17.3 Å². The molecule has 0 unspecified atom stereocenters. The first-order valence-corrected chi connectivity index (χ1v) is 7.55. The predicted octanol–water partition coefficient (Wildman–Crippen LogP) is 3.55. The number of halogens is 1. The molecule has 4 nitrogen and oxygen atoms in total. The van der Waals surface area contributed by atoms with E-state index in [0.717, 1.165) is 25.7 Å². The van der Waals surface area contributed by atoms with E-state index in [4.69, 9.17) is 4.74 Å². The van der Waals surface area contributed by atoms with Crippen LogP contribution in [0.5, 0.6) is 0 Å². The van der Waals surface area contributed by atoms with E-state index >= 15 is 0 Å². The Morgan fingerprint density at radius 2 is 1.90 bits per heavy atom. The Bertz CT molecular complexity index is 453. The highest BCUT2D eigenvalue weighted by Gasteiger charge is 2.38. The standard InChI is InChI=1S/C15H24FN3O/c1-4-17-13-12(16)11(3)18-14(19-13)15(20-5-2)9-7-6-8-10-15/h4-10H2,1-3H3,(H,17,18,19). The highest BCUT2D eigenvalue weighted by molar-refractivity contribution is 5.38. The smallest absolute Gasteiger partial charge is 0.186 e. The Morgan fingerprint density at radius 3 is 2.50 bits per heavy atom. The topological polar surface area (TPSA) is 47.0 Å². The fraction of sp³-hybridized carbons (Fsp3) is 0.733. The van der Waals surface area contributed by atoms with Gasteiger partial charge in [-0.3, -0.25) is 0 Å². The van der Waals surface area contributed by atoms with Gasteiger partial charge in [0, 0.05) is 13.2 Å². The predicted molar refractivity (Wildman–Crippen MR) is 77.3 cm³/mol. The summed E-state index contributed by atoms with van der Waals surface area (Å²) in [5.41, 5.74) is -0.0501. The van der Waals surface area contributed by atoms with Crippen LogP contribution in [0.2, 0.25) is 0 Å². The van der Waals surface area contributed by atoms with Crippen molar-refractivity contribution in [3.63, 3.8) is 0 Å². The van der Waals surface area contributed by atoms with Crippen molar-refractivity contribution in [3.8, 4) is 0 Å². The van der Waals surface area contributed by atoms with E-state index in [1.165, 1.54) is 6.42 Å². The molecule has 0 radical (unpaired) electrons. The van der Waals surface area contributed by atoms with Gasteiger partial charge in [0.05, 0.1) is 5.69 Å². The van der Waals surface area contributed by atoms with E-state index in [1.54, 1.807) is 6.92 Å². The highest BCUT2D eigenvalue weighted by Crippen LogP contribution is 2.39. The second-order valence-electron chi connectivity index (χ2n) is 5.31. The number of aryl methyl sites for hydroxylation is 1. The summed E-state index contributed by atoms with van der Waals surface area (Å²) in [6, 6.07) is 0. The molecule has 0 atom stereocenters. The third-order valence-electron chi connectivity index (χ3n) is 3.85. The minimum absolute atomic E-state index is 0.291. The van der Waals surface area contributed by atoms with Crippen LogP contribution in [0.15, 0.2) is 0 Å². The van der Waals surface area contributed by atoms with Crippen LogP contribution < -0.4 is 5.32 Å². The van der Waals surface area contributed by atoms with Gasteiger partial charge in [0.25, 0.3) is 0 Å². The molecule has 20 heavy (non-hydrogen) atoms. The summed E-state index contributed by atoms with van der Waals surface area (Å²) >= 11 is 0. The molecule has 2 rings (SSSR count). The third kappa shape index (κ3) is 2.92. The number of ether oxygens (including phenoxy) is 1. The third-order valence-corrected chi connectivity index (χ3v) is 3.85. The van der Waals surface area contributed by atoms with Crippen LogP contribution >= 0.6 is 0 Å². The van der Waals surface area contributed by atoms with Crippen LogP contribution in [-0.4, -0.2) is 23.1 Å². The molecule has 1 heterocycles. The van der Waals surface area contributed by atoms with Gasteiger partial charge in [-0.25, -0.2) is 14.4 Å². The average molecular weight is 281 g/mol. The lowest BCUT2D eigenvalue weighted by Crippen LogP contribution is -2.35. The van der Waals surface area contributed by atoms with E-state index in [0.29, 0.717) is 30.5 Å². The maximum atomic E-state index is 14.0. The van der Waals surface area contributed by atoms with E-state index in [9.17, 15) is 4.39 Å². The van der Waals surface area contributed by atoms with E-state index in [1.807, 2.05) is 13.8 Å². The van der Waals surface area contributed by atoms with Crippen molar-refractivity contribution in [2.45, 2.75) is 58.5 Å². The van der Waals surface area contributed by atoms with Crippen molar-refractivity contribution in [1.82, 2.24) is 9.97 Å². The number of aromatic nitrogens is 2. The van der Waals surface area contributed by atoms with Crippen molar-refractivity contribution >= 4 is 5.82 Å². The number of hydrogen-bond acceptors (Lipinski definition) is 4. The lowest BCUT2D eigenvalue weighted by molar-refractivity contribution is -0.0767. The molecule has 1 aromatic heterocycles. The van der Waals surface area contributed by atoms with Crippen LogP contribution in [0, 0.1) is 12.7 Å². The number of hydrogen-bond donors (Lipinski definition) is 1. The van der Waals surface area contributed by atoms with Crippen LogP contribution in [0.3, 0.4) is 0 Å². The molecule has 1 N–H and O–H groups in total. The molecule has 1 aliphatic rings. The zero-order valence-electron chi connectivity index (χ0n) is 12.6. The van der Waals surface area contributed by atoms with Crippen molar-refractivity contribution in [2.75, 3.05) is 18.5 Å². The van der Waals surface area contributed by atoms with Gasteiger partial charge in [-0.15, -0.1) is 0 Å². The number of nitrogens with one attached hydrogen (secondary N) is 1. The van der Waals surface area contributed by atoms with Crippen LogP contribution in [0.1, 0.15) is 57.5 Å². The van der Waals surface area contributed by atoms with Crippen molar-refractivity contribution in [1.29, 1.82) is 0 Å². The molecule has 0 amide bonds. The van der Waals surface area contributed by atoms with Gasteiger partial charge in [-0.2, -0.15) is 0 Å². The van der Waals surface area contributed by atoms with Crippen molar-refractivity contribution in [2.24, 2.45) is 0 Å². The molecule has 0 aromatic carbocycles. The first kappa shape index (κ1) is 15.2. The molecular formula is C15H24FN3O. The number of rotatable bonds is 5. The molecule has 112 valence electrons. The summed E-state index contributed by atoms with van der Waals surface area (Å²) in [5.74, 6) is 0.562. The molecule has 1 aromatic rings. The minimum Gasteiger partial charge on any atom is -0.368 e. The molecular weight excluding hydrogens is 257 g/mol. The van der Waals surface area contributed by atoms with E-state index in [2.05, 4.69) is 15.3 Å². The normalized spacial score (nSPS) is 18.0. The monoisotopic (exact) mass is 281 g/mol. The summed E-state index contributed by atoms with van der Waals surface area (Å²) in [4.78, 5) is 8.79. The van der Waals surface area contributed by atoms with Crippen LogP contribution in [-0.2, 0) is 10.3 Å². The van der Waals surface area contributed by atoms with Crippen molar-refractivity contribution < 1.29 is 9.13 Å². The lowest BCUT2D eigenvalue weighted by Gasteiger charge is -2.35. The largest absolute Gasteiger partial charge is 0.368 e. The second-order valence-corrected chi connectivity index (χ2v) is 5.31. The second kappa shape index (κ2) is 6.48. The van der Waals surface area contributed by atoms with Gasteiger partial charge in [-0.1, -0.05) is 19.3 Å². The Kier molecular flexibility index (Phi) is 4.91. The summed E-state index contributed by atoms with van der Waals surface area (Å²) in [5, 5.41) is 2.97. The van der Waals surface area contributed by atoms with Gasteiger partial charge >= 0.3 is 0 Å². The summed E-state index contributed by atoms with van der Waals surface area (Å²) in [6.45, 7) is 6.85. The van der Waals surface area contributed by atoms with Gasteiger partial charge in [0.15, 0.2) is 17.5 Å². The average Bonchev–Trinajstić information content (AvgIpc) is 2.45. The lowest BCUT2D eigenvalue weighted by atomic mass is 9.83. The first-order valence-electron chi connectivity index (χ1n) is 7.55. The van der Waals surface area contributed by atoms with Gasteiger partial charge in [0.2, 0.25) is 0 Å². The van der Waals surface area contributed by atoms with Gasteiger partial charge in [0.1, 0.15) is 5.60 Å². The molecule has 1 saturated carbocycles. The number of anilines is 1. The van der Waals surface area contributed by atoms with Gasteiger partial charge < -0.3 is 10.1 Å². The molecule has 1 aliphatic carbocycles. The molecule has 0 saturated heterocycles. The van der Waals surface area contributed by atoms with E-state index in [-0.39, 0.29) is 5.82 Å².